The quantitative estimate of drug-likeness (QED) is 0.236. The van der Waals surface area contributed by atoms with Gasteiger partial charge in [-0.1, -0.05) is 40.7 Å². The minimum absolute atomic E-state index is 0.0223. The lowest BCUT2D eigenvalue weighted by molar-refractivity contribution is -0.137. The molecule has 0 spiro atoms. The van der Waals surface area contributed by atoms with Crippen molar-refractivity contribution < 1.29 is 18.7 Å². The Morgan fingerprint density at radius 2 is 1.62 bits per heavy atom. The maximum atomic E-state index is 15.2. The van der Waals surface area contributed by atoms with E-state index in [2.05, 4.69) is 46.8 Å². The van der Waals surface area contributed by atoms with Gasteiger partial charge in [0.25, 0.3) is 0 Å². The van der Waals surface area contributed by atoms with Crippen molar-refractivity contribution in [1.29, 1.82) is 0 Å². The zero-order chi connectivity index (χ0) is 24.1. The van der Waals surface area contributed by atoms with E-state index >= 15 is 4.39 Å². The van der Waals surface area contributed by atoms with Crippen molar-refractivity contribution in [2.75, 3.05) is 13.2 Å². The van der Waals surface area contributed by atoms with Gasteiger partial charge in [0.2, 0.25) is 0 Å². The van der Waals surface area contributed by atoms with Crippen LogP contribution in [-0.4, -0.2) is 19.2 Å². The molecule has 0 saturated heterocycles. The van der Waals surface area contributed by atoms with Crippen molar-refractivity contribution in [2.24, 2.45) is 0 Å². The van der Waals surface area contributed by atoms with Gasteiger partial charge in [0.1, 0.15) is 11.6 Å². The fourth-order valence-electron chi connectivity index (χ4n) is 4.09. The third kappa shape index (κ3) is 6.11. The molecule has 0 heterocycles. The van der Waals surface area contributed by atoms with Crippen molar-refractivity contribution >= 4 is 11.5 Å². The van der Waals surface area contributed by atoms with E-state index in [4.69, 9.17) is 9.47 Å². The van der Waals surface area contributed by atoms with E-state index in [0.29, 0.717) is 24.4 Å². The van der Waals surface area contributed by atoms with E-state index in [1.807, 2.05) is 0 Å². The Balaban J connectivity index is 2.54. The lowest BCUT2D eigenvalue weighted by atomic mass is 9.62. The summed E-state index contributed by atoms with van der Waals surface area (Å²) < 4.78 is 26.2. The molecule has 1 aromatic rings. The van der Waals surface area contributed by atoms with E-state index in [0.717, 1.165) is 30.6 Å². The Bertz CT molecular complexity index is 932. The Morgan fingerprint density at radius 1 is 1.03 bits per heavy atom. The highest BCUT2D eigenvalue weighted by molar-refractivity contribution is 5.83. The molecule has 0 N–H and O–H groups in total. The smallest absolute Gasteiger partial charge is 0.330 e. The number of ether oxygens (including phenoxy) is 2. The number of rotatable bonds is 8. The number of halogens is 1. The molecule has 1 aliphatic rings. The molecular formula is C28H39FO3. The molecule has 0 aromatic heterocycles. The average molecular weight is 443 g/mol. The number of carbonyl (C=O) groups is 1. The summed E-state index contributed by atoms with van der Waals surface area (Å²) in [7, 11) is 0. The van der Waals surface area contributed by atoms with Crippen LogP contribution in [-0.2, 0) is 20.4 Å². The van der Waals surface area contributed by atoms with Crippen LogP contribution in [0.15, 0.2) is 41.8 Å². The number of hydrogen-bond donors (Lipinski definition) is 0. The SMILES string of the molecule is CCCOc1cc2c(cc1C(C)=C(F)C=CC(C)=CC(=O)OCC)C(C)(C)CCC2(C)C. The standard InChI is InChI=1S/C28H39FO3/c1-9-15-32-25-18-23-22(27(5,6)13-14-28(23,7)8)17-21(25)20(4)24(29)12-11-19(3)16-26(30)31-10-2/h11-12,16-18H,9-10,13-15H2,1-8H3. The summed E-state index contributed by atoms with van der Waals surface area (Å²) in [6.07, 6.45) is 7.44. The number of carbonyl (C=O) groups excluding carboxylic acids is 1. The summed E-state index contributed by atoms with van der Waals surface area (Å²) in [4.78, 5) is 11.6. The summed E-state index contributed by atoms with van der Waals surface area (Å²) in [6.45, 7) is 17.3. The highest BCUT2D eigenvalue weighted by Gasteiger charge is 2.38. The van der Waals surface area contributed by atoms with Gasteiger partial charge in [0.15, 0.2) is 0 Å². The fourth-order valence-corrected chi connectivity index (χ4v) is 4.09. The third-order valence-corrected chi connectivity index (χ3v) is 6.30. The second-order valence-electron chi connectivity index (χ2n) is 9.96. The lowest BCUT2D eigenvalue weighted by Gasteiger charge is -2.42. The van der Waals surface area contributed by atoms with Crippen LogP contribution in [0.2, 0.25) is 0 Å². The van der Waals surface area contributed by atoms with Crippen molar-refractivity contribution in [2.45, 2.75) is 85.5 Å². The van der Waals surface area contributed by atoms with Crippen molar-refractivity contribution in [3.05, 3.63) is 58.5 Å². The van der Waals surface area contributed by atoms with Gasteiger partial charge in [-0.25, -0.2) is 9.18 Å². The third-order valence-electron chi connectivity index (χ3n) is 6.30. The highest BCUT2D eigenvalue weighted by Crippen LogP contribution is 2.48. The zero-order valence-electron chi connectivity index (χ0n) is 21.0. The molecule has 0 atom stereocenters. The number of esters is 1. The molecule has 4 heteroatoms. The minimum atomic E-state index is -0.425. The molecular weight excluding hydrogens is 403 g/mol. The predicted octanol–water partition coefficient (Wildman–Crippen LogP) is 7.59. The molecule has 0 fully saturated rings. The molecule has 0 aliphatic heterocycles. The van der Waals surface area contributed by atoms with Crippen molar-refractivity contribution in [3.8, 4) is 5.75 Å². The number of hydrogen-bond acceptors (Lipinski definition) is 3. The summed E-state index contributed by atoms with van der Waals surface area (Å²) in [6, 6.07) is 4.26. The first kappa shape index (κ1) is 25.9. The maximum absolute atomic E-state index is 15.2. The summed E-state index contributed by atoms with van der Waals surface area (Å²) in [5.41, 5.74) is 4.58. The number of allylic oxidation sites excluding steroid dienone is 5. The van der Waals surface area contributed by atoms with E-state index in [-0.39, 0.29) is 16.7 Å². The van der Waals surface area contributed by atoms with Crippen LogP contribution in [0.3, 0.4) is 0 Å². The molecule has 0 unspecified atom stereocenters. The van der Waals surface area contributed by atoms with Crippen molar-refractivity contribution in [1.82, 2.24) is 0 Å². The zero-order valence-corrected chi connectivity index (χ0v) is 21.0. The van der Waals surface area contributed by atoms with Crippen molar-refractivity contribution in [3.63, 3.8) is 0 Å². The summed E-state index contributed by atoms with van der Waals surface area (Å²) in [5, 5.41) is 0. The van der Waals surface area contributed by atoms with Crippen LogP contribution >= 0.6 is 0 Å². The largest absolute Gasteiger partial charge is 0.493 e. The summed E-state index contributed by atoms with van der Waals surface area (Å²) in [5.74, 6) is -0.0439. The van der Waals surface area contributed by atoms with Crippen LogP contribution in [0.4, 0.5) is 4.39 Å². The first-order valence-corrected chi connectivity index (χ1v) is 11.6. The Morgan fingerprint density at radius 3 is 2.19 bits per heavy atom. The Hall–Kier alpha value is -2.36. The Labute approximate surface area is 193 Å². The molecule has 0 bridgehead atoms. The van der Waals surface area contributed by atoms with Crippen LogP contribution in [0.5, 0.6) is 5.75 Å². The van der Waals surface area contributed by atoms with E-state index in [1.165, 1.54) is 23.3 Å². The minimum Gasteiger partial charge on any atom is -0.493 e. The second-order valence-corrected chi connectivity index (χ2v) is 9.96. The average Bonchev–Trinajstić information content (AvgIpc) is 2.73. The molecule has 176 valence electrons. The highest BCUT2D eigenvalue weighted by atomic mass is 19.1. The number of benzene rings is 1. The maximum Gasteiger partial charge on any atom is 0.330 e. The lowest BCUT2D eigenvalue weighted by Crippen LogP contribution is -2.34. The van der Waals surface area contributed by atoms with Gasteiger partial charge in [0.05, 0.1) is 13.2 Å². The molecule has 3 nitrogen and oxygen atoms in total. The fraction of sp³-hybridized carbons (Fsp3) is 0.536. The van der Waals surface area contributed by atoms with Gasteiger partial charge >= 0.3 is 5.97 Å². The van der Waals surface area contributed by atoms with Gasteiger partial charge < -0.3 is 9.47 Å². The molecule has 32 heavy (non-hydrogen) atoms. The summed E-state index contributed by atoms with van der Waals surface area (Å²) >= 11 is 0. The van der Waals surface area contributed by atoms with Crippen LogP contribution < -0.4 is 4.74 Å². The monoisotopic (exact) mass is 442 g/mol. The van der Waals surface area contributed by atoms with Gasteiger partial charge in [0, 0.05) is 11.6 Å². The van der Waals surface area contributed by atoms with Gasteiger partial charge in [-0.3, -0.25) is 0 Å². The molecule has 0 radical (unpaired) electrons. The first-order valence-electron chi connectivity index (χ1n) is 11.6. The Kier molecular flexibility index (Phi) is 8.50. The molecule has 1 aliphatic carbocycles. The van der Waals surface area contributed by atoms with Gasteiger partial charge in [-0.05, 0) is 91.3 Å². The van der Waals surface area contributed by atoms with Gasteiger partial charge in [-0.15, -0.1) is 0 Å². The topological polar surface area (TPSA) is 35.5 Å². The van der Waals surface area contributed by atoms with E-state index < -0.39 is 5.97 Å². The van der Waals surface area contributed by atoms with Gasteiger partial charge in [-0.2, -0.15) is 0 Å². The molecule has 0 saturated carbocycles. The first-order chi connectivity index (χ1) is 14.9. The van der Waals surface area contributed by atoms with E-state index in [1.54, 1.807) is 26.8 Å². The molecule has 2 rings (SSSR count). The van der Waals surface area contributed by atoms with Crippen LogP contribution in [0.1, 0.15) is 91.3 Å². The number of fused-ring (bicyclic) bond motifs is 1. The predicted molar refractivity (Wildman–Crippen MR) is 131 cm³/mol. The van der Waals surface area contributed by atoms with Crippen LogP contribution in [0.25, 0.3) is 5.57 Å². The van der Waals surface area contributed by atoms with E-state index in [9.17, 15) is 4.79 Å². The molecule has 0 amide bonds. The molecule has 1 aromatic carbocycles. The second kappa shape index (κ2) is 10.5. The van der Waals surface area contributed by atoms with Crippen LogP contribution in [0, 0.1) is 0 Å². The normalized spacial score (nSPS) is 18.2.